The normalized spacial score (nSPS) is 24.5. The standard InChI is InChI=1S/C17H21N5O/c23-17-10-13(12-21-7-2-5-19-21)9-15(17)18-11-14-3-1-8-22-16(14)4-6-20-22/h1-8,13,15,17-18,23H,9-12H2/t13?,15-,17-/m1/s1. The molecule has 1 fully saturated rings. The van der Waals surface area contributed by atoms with Gasteiger partial charge in [-0.05, 0) is 42.5 Å². The van der Waals surface area contributed by atoms with Crippen molar-refractivity contribution in [2.75, 3.05) is 0 Å². The zero-order valence-corrected chi connectivity index (χ0v) is 12.9. The van der Waals surface area contributed by atoms with Gasteiger partial charge < -0.3 is 10.4 Å². The van der Waals surface area contributed by atoms with Crippen LogP contribution in [0.25, 0.3) is 5.52 Å². The second kappa shape index (κ2) is 6.14. The number of rotatable bonds is 5. The molecule has 0 saturated heterocycles. The molecule has 1 unspecified atom stereocenters. The molecule has 6 nitrogen and oxygen atoms in total. The minimum atomic E-state index is -0.291. The molecule has 0 aromatic carbocycles. The Bertz CT molecular complexity index is 766. The molecule has 0 aliphatic heterocycles. The Morgan fingerprint density at radius 3 is 2.96 bits per heavy atom. The van der Waals surface area contributed by atoms with Gasteiger partial charge in [-0.1, -0.05) is 6.07 Å². The van der Waals surface area contributed by atoms with E-state index in [-0.39, 0.29) is 12.1 Å². The maximum atomic E-state index is 10.3. The van der Waals surface area contributed by atoms with Crippen molar-refractivity contribution in [1.82, 2.24) is 24.7 Å². The summed E-state index contributed by atoms with van der Waals surface area (Å²) in [7, 11) is 0. The predicted octanol–water partition coefficient (Wildman–Crippen LogP) is 1.46. The molecule has 6 heteroatoms. The molecule has 0 spiro atoms. The first-order chi connectivity index (χ1) is 11.3. The van der Waals surface area contributed by atoms with Crippen LogP contribution in [0.1, 0.15) is 18.4 Å². The van der Waals surface area contributed by atoms with Crippen LogP contribution in [0.15, 0.2) is 49.1 Å². The van der Waals surface area contributed by atoms with Gasteiger partial charge in [0.1, 0.15) is 0 Å². The summed E-state index contributed by atoms with van der Waals surface area (Å²) in [6.07, 6.45) is 9.05. The van der Waals surface area contributed by atoms with Crippen molar-refractivity contribution in [3.8, 4) is 0 Å². The van der Waals surface area contributed by atoms with E-state index in [2.05, 4.69) is 21.6 Å². The molecule has 3 heterocycles. The molecule has 0 radical (unpaired) electrons. The molecule has 120 valence electrons. The van der Waals surface area contributed by atoms with Crippen molar-refractivity contribution < 1.29 is 5.11 Å². The van der Waals surface area contributed by atoms with E-state index in [0.29, 0.717) is 5.92 Å². The third kappa shape index (κ3) is 3.00. The first kappa shape index (κ1) is 14.4. The van der Waals surface area contributed by atoms with Crippen molar-refractivity contribution in [1.29, 1.82) is 0 Å². The van der Waals surface area contributed by atoms with Crippen molar-refractivity contribution in [2.24, 2.45) is 5.92 Å². The third-order valence-electron chi connectivity index (χ3n) is 4.71. The summed E-state index contributed by atoms with van der Waals surface area (Å²) in [5.41, 5.74) is 2.31. The molecule has 1 saturated carbocycles. The lowest BCUT2D eigenvalue weighted by Crippen LogP contribution is -2.35. The summed E-state index contributed by atoms with van der Waals surface area (Å²) in [6.45, 7) is 1.62. The van der Waals surface area contributed by atoms with Gasteiger partial charge in [0.25, 0.3) is 0 Å². The lowest BCUT2D eigenvalue weighted by Gasteiger charge is -2.17. The fourth-order valence-corrected chi connectivity index (χ4v) is 3.56. The lowest BCUT2D eigenvalue weighted by molar-refractivity contribution is 0.145. The van der Waals surface area contributed by atoms with Gasteiger partial charge in [-0.2, -0.15) is 10.2 Å². The van der Waals surface area contributed by atoms with Gasteiger partial charge in [-0.25, -0.2) is 4.52 Å². The summed E-state index contributed by atoms with van der Waals surface area (Å²) in [4.78, 5) is 0. The molecule has 0 bridgehead atoms. The van der Waals surface area contributed by atoms with Crippen LogP contribution < -0.4 is 5.32 Å². The van der Waals surface area contributed by atoms with Crippen molar-refractivity contribution in [2.45, 2.75) is 38.1 Å². The maximum Gasteiger partial charge on any atom is 0.0706 e. The largest absolute Gasteiger partial charge is 0.391 e. The Hall–Kier alpha value is -2.18. The van der Waals surface area contributed by atoms with Crippen LogP contribution in [0, 0.1) is 5.92 Å². The van der Waals surface area contributed by atoms with Crippen molar-refractivity contribution in [3.05, 3.63) is 54.6 Å². The fourth-order valence-electron chi connectivity index (χ4n) is 3.56. The first-order valence-electron chi connectivity index (χ1n) is 8.10. The maximum absolute atomic E-state index is 10.3. The number of hydrogen-bond donors (Lipinski definition) is 2. The highest BCUT2D eigenvalue weighted by molar-refractivity contribution is 5.53. The highest BCUT2D eigenvalue weighted by Gasteiger charge is 2.32. The van der Waals surface area contributed by atoms with E-state index in [9.17, 15) is 5.11 Å². The zero-order chi connectivity index (χ0) is 15.6. The molecular formula is C17H21N5O. The van der Waals surface area contributed by atoms with E-state index in [1.807, 2.05) is 46.0 Å². The summed E-state index contributed by atoms with van der Waals surface area (Å²) in [5.74, 6) is 0.466. The van der Waals surface area contributed by atoms with E-state index >= 15 is 0 Å². The average molecular weight is 311 g/mol. The van der Waals surface area contributed by atoms with Crippen LogP contribution in [0.2, 0.25) is 0 Å². The molecule has 3 aromatic rings. The van der Waals surface area contributed by atoms with Gasteiger partial charge in [-0.15, -0.1) is 0 Å². The minimum absolute atomic E-state index is 0.138. The molecule has 1 aliphatic carbocycles. The number of aromatic nitrogens is 4. The molecule has 0 amide bonds. The number of aliphatic hydroxyl groups excluding tert-OH is 1. The van der Waals surface area contributed by atoms with Crippen LogP contribution in [0.3, 0.4) is 0 Å². The number of hydrogen-bond acceptors (Lipinski definition) is 4. The number of aliphatic hydroxyl groups is 1. The first-order valence-corrected chi connectivity index (χ1v) is 8.10. The van der Waals surface area contributed by atoms with E-state index in [1.165, 1.54) is 5.56 Å². The Labute approximate surface area is 134 Å². The number of nitrogens with zero attached hydrogens (tertiary/aromatic N) is 4. The highest BCUT2D eigenvalue weighted by atomic mass is 16.3. The van der Waals surface area contributed by atoms with Gasteiger partial charge in [0.05, 0.1) is 11.6 Å². The van der Waals surface area contributed by atoms with Crippen LogP contribution in [0.5, 0.6) is 0 Å². The third-order valence-corrected chi connectivity index (χ3v) is 4.71. The second-order valence-corrected chi connectivity index (χ2v) is 6.31. The van der Waals surface area contributed by atoms with Crippen LogP contribution in [-0.4, -0.2) is 36.6 Å². The van der Waals surface area contributed by atoms with Gasteiger partial charge in [0.2, 0.25) is 0 Å². The molecule has 1 aliphatic rings. The van der Waals surface area contributed by atoms with Crippen molar-refractivity contribution >= 4 is 5.52 Å². The lowest BCUT2D eigenvalue weighted by atomic mass is 10.1. The highest BCUT2D eigenvalue weighted by Crippen LogP contribution is 2.27. The molecule has 3 aromatic heterocycles. The SMILES string of the molecule is O[C@@H]1CC(Cn2cccn2)C[C@H]1NCc1cccn2nccc12. The molecular weight excluding hydrogens is 290 g/mol. The summed E-state index contributed by atoms with van der Waals surface area (Å²) >= 11 is 0. The Balaban J connectivity index is 1.38. The zero-order valence-electron chi connectivity index (χ0n) is 12.9. The van der Waals surface area contributed by atoms with E-state index in [0.717, 1.165) is 31.4 Å². The van der Waals surface area contributed by atoms with Gasteiger partial charge in [-0.3, -0.25) is 4.68 Å². The topological polar surface area (TPSA) is 67.4 Å². The van der Waals surface area contributed by atoms with E-state index in [4.69, 9.17) is 0 Å². The van der Waals surface area contributed by atoms with Gasteiger partial charge in [0, 0.05) is 43.9 Å². The quantitative estimate of drug-likeness (QED) is 0.748. The van der Waals surface area contributed by atoms with Crippen LogP contribution >= 0.6 is 0 Å². The number of pyridine rings is 1. The number of fused-ring (bicyclic) bond motifs is 1. The average Bonchev–Trinajstić information content (AvgIpc) is 3.27. The Morgan fingerprint density at radius 2 is 2.09 bits per heavy atom. The molecule has 3 atom stereocenters. The minimum Gasteiger partial charge on any atom is -0.391 e. The Morgan fingerprint density at radius 1 is 1.13 bits per heavy atom. The number of nitrogens with one attached hydrogen (secondary N) is 1. The van der Waals surface area contributed by atoms with E-state index in [1.54, 1.807) is 6.20 Å². The van der Waals surface area contributed by atoms with Gasteiger partial charge >= 0.3 is 0 Å². The summed E-state index contributed by atoms with van der Waals surface area (Å²) < 4.78 is 3.83. The van der Waals surface area contributed by atoms with Crippen LogP contribution in [0.4, 0.5) is 0 Å². The molecule has 23 heavy (non-hydrogen) atoms. The van der Waals surface area contributed by atoms with Crippen LogP contribution in [-0.2, 0) is 13.1 Å². The fraction of sp³-hybridized carbons (Fsp3) is 0.412. The van der Waals surface area contributed by atoms with Gasteiger partial charge in [0.15, 0.2) is 0 Å². The molecule has 4 rings (SSSR count). The van der Waals surface area contributed by atoms with E-state index < -0.39 is 0 Å². The summed E-state index contributed by atoms with van der Waals surface area (Å²) in [6, 6.07) is 8.20. The van der Waals surface area contributed by atoms with Crippen molar-refractivity contribution in [3.63, 3.8) is 0 Å². The monoisotopic (exact) mass is 311 g/mol. The summed E-state index contributed by atoms with van der Waals surface area (Å²) in [5, 5.41) is 22.4. The smallest absolute Gasteiger partial charge is 0.0706 e. The second-order valence-electron chi connectivity index (χ2n) is 6.31. The Kier molecular flexibility index (Phi) is 3.85. The predicted molar refractivity (Wildman–Crippen MR) is 86.8 cm³/mol. The molecule has 2 N–H and O–H groups in total.